The molecule has 0 aliphatic heterocycles. The molecule has 1 amide bonds. The molecule has 0 saturated heterocycles. The van der Waals surface area contributed by atoms with Crippen molar-refractivity contribution in [3.8, 4) is 5.75 Å². The Labute approximate surface area is 153 Å². The van der Waals surface area contributed by atoms with Gasteiger partial charge in [-0.2, -0.15) is 4.72 Å². The summed E-state index contributed by atoms with van der Waals surface area (Å²) in [6.45, 7) is 4.05. The van der Waals surface area contributed by atoms with E-state index in [0.717, 1.165) is 0 Å². The number of nitrogens with one attached hydrogen (secondary N) is 2. The maximum Gasteiger partial charge on any atom is 0.241 e. The van der Waals surface area contributed by atoms with E-state index in [1.165, 1.54) is 25.5 Å². The summed E-state index contributed by atoms with van der Waals surface area (Å²) in [6, 6.07) is 8.57. The summed E-state index contributed by atoms with van der Waals surface area (Å²) in [5, 5.41) is 2.70. The van der Waals surface area contributed by atoms with E-state index in [-0.39, 0.29) is 17.4 Å². The van der Waals surface area contributed by atoms with Crippen LogP contribution >= 0.6 is 0 Å². The molecule has 0 unspecified atom stereocenters. The number of furan rings is 1. The molecule has 1 aromatic carbocycles. The summed E-state index contributed by atoms with van der Waals surface area (Å²) in [5.74, 6) is 0.888. The predicted octanol–water partition coefficient (Wildman–Crippen LogP) is 2.30. The first-order valence-electron chi connectivity index (χ1n) is 8.28. The van der Waals surface area contributed by atoms with Crippen molar-refractivity contribution in [1.82, 2.24) is 10.0 Å². The van der Waals surface area contributed by atoms with Crippen molar-refractivity contribution >= 4 is 15.9 Å². The Morgan fingerprint density at radius 2 is 1.88 bits per heavy atom. The van der Waals surface area contributed by atoms with Crippen molar-refractivity contribution < 1.29 is 22.4 Å². The van der Waals surface area contributed by atoms with Crippen LogP contribution in [0.2, 0.25) is 0 Å². The Balaban J connectivity index is 2.10. The Morgan fingerprint density at radius 3 is 2.42 bits per heavy atom. The molecule has 2 aromatic rings. The second-order valence-electron chi connectivity index (χ2n) is 6.28. The van der Waals surface area contributed by atoms with Gasteiger partial charge in [-0.3, -0.25) is 4.79 Å². The van der Waals surface area contributed by atoms with Gasteiger partial charge in [0.25, 0.3) is 0 Å². The quantitative estimate of drug-likeness (QED) is 0.696. The van der Waals surface area contributed by atoms with Crippen LogP contribution in [0.4, 0.5) is 0 Å². The monoisotopic (exact) mass is 380 g/mol. The van der Waals surface area contributed by atoms with Crippen molar-refractivity contribution in [3.63, 3.8) is 0 Å². The molecule has 2 N–H and O–H groups in total. The van der Waals surface area contributed by atoms with Gasteiger partial charge in [-0.25, -0.2) is 8.42 Å². The predicted molar refractivity (Wildman–Crippen MR) is 97.1 cm³/mol. The molecule has 1 atom stereocenters. The van der Waals surface area contributed by atoms with Crippen molar-refractivity contribution in [1.29, 1.82) is 0 Å². The molecule has 0 radical (unpaired) electrons. The van der Waals surface area contributed by atoms with Gasteiger partial charge in [0.2, 0.25) is 15.9 Å². The van der Waals surface area contributed by atoms with E-state index in [1.807, 2.05) is 13.8 Å². The first kappa shape index (κ1) is 20.0. The summed E-state index contributed by atoms with van der Waals surface area (Å²) in [4.78, 5) is 12.6. The summed E-state index contributed by atoms with van der Waals surface area (Å²) >= 11 is 0. The molecule has 7 nitrogen and oxygen atoms in total. The van der Waals surface area contributed by atoms with E-state index in [4.69, 9.17) is 9.15 Å². The molecular formula is C18H24N2O5S. The van der Waals surface area contributed by atoms with Gasteiger partial charge in [-0.15, -0.1) is 0 Å². The molecule has 26 heavy (non-hydrogen) atoms. The molecule has 142 valence electrons. The van der Waals surface area contributed by atoms with E-state index < -0.39 is 22.0 Å². The van der Waals surface area contributed by atoms with Crippen LogP contribution in [-0.2, 0) is 21.4 Å². The topological polar surface area (TPSA) is 97.6 Å². The van der Waals surface area contributed by atoms with Gasteiger partial charge in [0.15, 0.2) is 0 Å². The highest BCUT2D eigenvalue weighted by molar-refractivity contribution is 7.89. The Morgan fingerprint density at radius 1 is 1.19 bits per heavy atom. The SMILES string of the molecule is COc1ccc(S(=O)(=O)N[C@@H](CC(C)C)C(=O)NCc2ccco2)cc1. The maximum atomic E-state index is 12.6. The van der Waals surface area contributed by atoms with Crippen LogP contribution in [0.15, 0.2) is 52.0 Å². The summed E-state index contributed by atoms with van der Waals surface area (Å²) in [6.07, 6.45) is 1.89. The van der Waals surface area contributed by atoms with Gasteiger partial charge in [-0.1, -0.05) is 13.8 Å². The van der Waals surface area contributed by atoms with Gasteiger partial charge in [-0.05, 0) is 48.7 Å². The lowest BCUT2D eigenvalue weighted by molar-refractivity contribution is -0.123. The zero-order chi connectivity index (χ0) is 19.2. The molecule has 0 fully saturated rings. The van der Waals surface area contributed by atoms with Crippen molar-refractivity contribution in [3.05, 3.63) is 48.4 Å². The van der Waals surface area contributed by atoms with E-state index >= 15 is 0 Å². The minimum absolute atomic E-state index is 0.0749. The summed E-state index contributed by atoms with van der Waals surface area (Å²) in [5.41, 5.74) is 0. The van der Waals surface area contributed by atoms with Crippen LogP contribution in [0.25, 0.3) is 0 Å². The third-order valence-corrected chi connectivity index (χ3v) is 5.20. The van der Waals surface area contributed by atoms with Crippen LogP contribution in [0, 0.1) is 5.92 Å². The van der Waals surface area contributed by atoms with Crippen LogP contribution in [0.5, 0.6) is 5.75 Å². The fourth-order valence-electron chi connectivity index (χ4n) is 2.40. The molecule has 0 aliphatic rings. The first-order chi connectivity index (χ1) is 12.3. The van der Waals surface area contributed by atoms with Crippen LogP contribution in [-0.4, -0.2) is 27.5 Å². The molecule has 1 aromatic heterocycles. The van der Waals surface area contributed by atoms with Crippen LogP contribution in [0.1, 0.15) is 26.0 Å². The minimum atomic E-state index is -3.84. The lowest BCUT2D eigenvalue weighted by Crippen LogP contribution is -2.47. The Bertz CT molecular complexity index is 799. The fourth-order valence-corrected chi connectivity index (χ4v) is 3.61. The number of amides is 1. The summed E-state index contributed by atoms with van der Waals surface area (Å²) in [7, 11) is -2.33. The molecule has 0 aliphatic carbocycles. The molecule has 0 bridgehead atoms. The van der Waals surface area contributed by atoms with Gasteiger partial charge < -0.3 is 14.5 Å². The van der Waals surface area contributed by atoms with Gasteiger partial charge in [0.1, 0.15) is 17.6 Å². The van der Waals surface area contributed by atoms with Gasteiger partial charge in [0, 0.05) is 0 Å². The molecule has 8 heteroatoms. The highest BCUT2D eigenvalue weighted by atomic mass is 32.2. The Hall–Kier alpha value is -2.32. The number of ether oxygens (including phenoxy) is 1. The number of hydrogen-bond donors (Lipinski definition) is 2. The highest BCUT2D eigenvalue weighted by Crippen LogP contribution is 2.17. The molecule has 0 saturated carbocycles. The molecule has 0 spiro atoms. The van der Waals surface area contributed by atoms with Gasteiger partial charge >= 0.3 is 0 Å². The number of carbonyl (C=O) groups excluding carboxylic acids is 1. The van der Waals surface area contributed by atoms with Crippen molar-refractivity contribution in [2.24, 2.45) is 5.92 Å². The van der Waals surface area contributed by atoms with E-state index in [2.05, 4.69) is 10.0 Å². The number of carbonyl (C=O) groups is 1. The van der Waals surface area contributed by atoms with Gasteiger partial charge in [0.05, 0.1) is 24.8 Å². The number of rotatable bonds is 9. The molecule has 1 heterocycles. The maximum absolute atomic E-state index is 12.6. The highest BCUT2D eigenvalue weighted by Gasteiger charge is 2.26. The third-order valence-electron chi connectivity index (χ3n) is 3.71. The number of methoxy groups -OCH3 is 1. The molecular weight excluding hydrogens is 356 g/mol. The van der Waals surface area contributed by atoms with E-state index in [0.29, 0.717) is 17.9 Å². The zero-order valence-corrected chi connectivity index (χ0v) is 15.9. The average Bonchev–Trinajstić information content (AvgIpc) is 3.12. The lowest BCUT2D eigenvalue weighted by atomic mass is 10.0. The van der Waals surface area contributed by atoms with E-state index in [1.54, 1.807) is 24.3 Å². The van der Waals surface area contributed by atoms with Crippen molar-refractivity contribution in [2.75, 3.05) is 7.11 Å². The summed E-state index contributed by atoms with van der Waals surface area (Å²) < 4.78 is 37.9. The lowest BCUT2D eigenvalue weighted by Gasteiger charge is -2.20. The van der Waals surface area contributed by atoms with Crippen molar-refractivity contribution in [2.45, 2.75) is 37.8 Å². The number of benzene rings is 1. The van der Waals surface area contributed by atoms with E-state index in [9.17, 15) is 13.2 Å². The number of hydrogen-bond acceptors (Lipinski definition) is 5. The zero-order valence-electron chi connectivity index (χ0n) is 15.1. The standard InChI is InChI=1S/C18H24N2O5S/c1-13(2)11-17(18(21)19-12-15-5-4-10-25-15)20-26(22,23)16-8-6-14(24-3)7-9-16/h4-10,13,17,20H,11-12H2,1-3H3,(H,19,21)/t17-/m0/s1. The smallest absolute Gasteiger partial charge is 0.241 e. The second-order valence-corrected chi connectivity index (χ2v) is 7.99. The Kier molecular flexibility index (Phi) is 6.82. The fraction of sp³-hybridized carbons (Fsp3) is 0.389. The largest absolute Gasteiger partial charge is 0.497 e. The average molecular weight is 380 g/mol. The minimum Gasteiger partial charge on any atom is -0.497 e. The molecule has 2 rings (SSSR count). The third kappa shape index (κ3) is 5.60. The first-order valence-corrected chi connectivity index (χ1v) is 9.76. The second kappa shape index (κ2) is 8.86. The van der Waals surface area contributed by atoms with Crippen LogP contribution < -0.4 is 14.8 Å². The number of sulfonamides is 1. The normalized spacial score (nSPS) is 12.8. The van der Waals surface area contributed by atoms with Crippen LogP contribution in [0.3, 0.4) is 0 Å².